The Morgan fingerprint density at radius 3 is 2.60 bits per heavy atom. The first-order valence-corrected chi connectivity index (χ1v) is 8.83. The number of hydrogen-bond acceptors (Lipinski definition) is 7. The molecule has 0 atom stereocenters. The third kappa shape index (κ3) is 3.04. The molecule has 2 aromatic heterocycles. The minimum Gasteiger partial charge on any atom is -0.465 e. The van der Waals surface area contributed by atoms with Gasteiger partial charge in [-0.3, -0.25) is 4.79 Å². The van der Waals surface area contributed by atoms with E-state index in [-0.39, 0.29) is 11.2 Å². The van der Waals surface area contributed by atoms with E-state index in [0.717, 1.165) is 10.6 Å². The summed E-state index contributed by atoms with van der Waals surface area (Å²) in [5, 5.41) is 3.86. The highest BCUT2D eigenvalue weighted by molar-refractivity contribution is 7.16. The number of ketones is 1. The fraction of sp³-hybridized carbons (Fsp3) is 0.444. The lowest BCUT2D eigenvalue weighted by atomic mass is 9.68. The van der Waals surface area contributed by atoms with Crippen LogP contribution in [-0.2, 0) is 20.4 Å². The normalized spacial score (nSPS) is 17.7. The van der Waals surface area contributed by atoms with Crippen molar-refractivity contribution < 1.29 is 14.3 Å². The highest BCUT2D eigenvalue weighted by Crippen LogP contribution is 2.47. The maximum absolute atomic E-state index is 12.5. The first-order chi connectivity index (χ1) is 11.6. The summed E-state index contributed by atoms with van der Waals surface area (Å²) in [5.74, 6) is 0.369. The Kier molecular flexibility index (Phi) is 4.15. The topological polar surface area (TPSA) is 81.2 Å². The third-order valence-corrected chi connectivity index (χ3v) is 5.89. The van der Waals surface area contributed by atoms with Crippen LogP contribution in [-0.4, -0.2) is 28.8 Å². The molecule has 0 saturated heterocycles. The number of Topliss-reactive ketones (excluding diaryl/α,β-unsaturated/α-hetero) is 1. The highest BCUT2D eigenvalue weighted by Gasteiger charge is 2.46. The maximum Gasteiger partial charge on any atom is 0.339 e. The molecule has 0 spiro atoms. The molecule has 0 saturated carbocycles. The fourth-order valence-electron chi connectivity index (χ4n) is 2.91. The number of carbonyl (C=O) groups excluding carboxylic acids is 2. The van der Waals surface area contributed by atoms with Crippen molar-refractivity contribution >= 4 is 34.0 Å². The Morgan fingerprint density at radius 1 is 1.28 bits per heavy atom. The van der Waals surface area contributed by atoms with E-state index >= 15 is 0 Å². The monoisotopic (exact) mass is 359 g/mol. The average molecular weight is 359 g/mol. The Balaban J connectivity index is 1.91. The van der Waals surface area contributed by atoms with Gasteiger partial charge in [0.2, 0.25) is 0 Å². The molecule has 132 valence electrons. The second-order valence-electron chi connectivity index (χ2n) is 7.35. The fourth-order valence-corrected chi connectivity index (χ4v) is 4.14. The van der Waals surface area contributed by atoms with Gasteiger partial charge < -0.3 is 10.1 Å². The molecule has 0 fully saturated rings. The second-order valence-corrected chi connectivity index (χ2v) is 8.35. The lowest BCUT2D eigenvalue weighted by molar-refractivity contribution is -0.125. The molecule has 25 heavy (non-hydrogen) atoms. The number of methoxy groups -OCH3 is 1. The van der Waals surface area contributed by atoms with E-state index in [1.54, 1.807) is 23.5 Å². The zero-order valence-electron chi connectivity index (χ0n) is 15.0. The first-order valence-electron chi connectivity index (χ1n) is 8.01. The minimum absolute atomic E-state index is 0.211. The molecular weight excluding hydrogens is 338 g/mol. The molecule has 6 nitrogen and oxygen atoms in total. The minimum atomic E-state index is -0.580. The molecule has 0 radical (unpaired) electrons. The number of aromatic nitrogens is 2. The smallest absolute Gasteiger partial charge is 0.339 e. The first kappa shape index (κ1) is 17.5. The lowest BCUT2D eigenvalue weighted by Crippen LogP contribution is -2.41. The van der Waals surface area contributed by atoms with Gasteiger partial charge in [0.05, 0.1) is 23.8 Å². The van der Waals surface area contributed by atoms with Gasteiger partial charge in [-0.15, -0.1) is 11.3 Å². The largest absolute Gasteiger partial charge is 0.465 e. The van der Waals surface area contributed by atoms with Crippen molar-refractivity contribution in [3.63, 3.8) is 0 Å². The van der Waals surface area contributed by atoms with Crippen LogP contribution in [0.15, 0.2) is 18.3 Å². The summed E-state index contributed by atoms with van der Waals surface area (Å²) in [6.07, 6.45) is 1.97. The number of fused-ring (bicyclic) bond motifs is 1. The van der Waals surface area contributed by atoms with E-state index in [4.69, 9.17) is 0 Å². The Hall–Kier alpha value is -2.28. The van der Waals surface area contributed by atoms with E-state index in [9.17, 15) is 9.59 Å². The van der Waals surface area contributed by atoms with Gasteiger partial charge >= 0.3 is 5.97 Å². The number of nitrogens with zero attached hydrogens (tertiary/aromatic N) is 2. The second kappa shape index (κ2) is 5.91. The summed E-state index contributed by atoms with van der Waals surface area (Å²) in [5.41, 5.74) is 0.428. The van der Waals surface area contributed by atoms with Crippen LogP contribution in [0.25, 0.3) is 0 Å². The van der Waals surface area contributed by atoms with Gasteiger partial charge in [0.25, 0.3) is 0 Å². The standard InChI is InChI=1S/C18H21N3O3S/c1-17(2)8-11(22)18(3,4)13-14(17)25-16(21-13)20-12-7-6-10(9-19-12)15(23)24-5/h6-7,9H,8H2,1-5H3,(H,19,20,21). The van der Waals surface area contributed by atoms with Crippen LogP contribution in [0, 0.1) is 0 Å². The van der Waals surface area contributed by atoms with Crippen molar-refractivity contribution in [2.24, 2.45) is 0 Å². The van der Waals surface area contributed by atoms with Crippen molar-refractivity contribution in [2.45, 2.75) is 44.9 Å². The quantitative estimate of drug-likeness (QED) is 0.844. The van der Waals surface area contributed by atoms with E-state index in [0.29, 0.717) is 22.9 Å². The highest BCUT2D eigenvalue weighted by atomic mass is 32.1. The average Bonchev–Trinajstić information content (AvgIpc) is 2.99. The van der Waals surface area contributed by atoms with E-state index in [2.05, 4.69) is 33.9 Å². The summed E-state index contributed by atoms with van der Waals surface area (Å²) in [6, 6.07) is 3.35. The molecule has 2 aromatic rings. The number of hydrogen-bond donors (Lipinski definition) is 1. The maximum atomic E-state index is 12.5. The molecule has 0 aromatic carbocycles. The van der Waals surface area contributed by atoms with Crippen molar-refractivity contribution in [3.8, 4) is 0 Å². The molecule has 0 amide bonds. The predicted octanol–water partition coefficient (Wildman–Crippen LogP) is 3.60. The lowest BCUT2D eigenvalue weighted by Gasteiger charge is -2.36. The Morgan fingerprint density at radius 2 is 2.00 bits per heavy atom. The molecule has 7 heteroatoms. The van der Waals surface area contributed by atoms with Crippen LogP contribution in [0.1, 0.15) is 55.0 Å². The van der Waals surface area contributed by atoms with Crippen LogP contribution in [0.4, 0.5) is 10.9 Å². The number of rotatable bonds is 3. The molecule has 2 heterocycles. The van der Waals surface area contributed by atoms with Crippen LogP contribution in [0.3, 0.4) is 0 Å². The van der Waals surface area contributed by atoms with E-state index < -0.39 is 11.4 Å². The van der Waals surface area contributed by atoms with Gasteiger partial charge in [0.1, 0.15) is 11.6 Å². The Labute approximate surface area is 150 Å². The van der Waals surface area contributed by atoms with Gasteiger partial charge in [0.15, 0.2) is 5.13 Å². The summed E-state index contributed by atoms with van der Waals surface area (Å²) in [7, 11) is 1.33. The molecular formula is C18H21N3O3S. The summed E-state index contributed by atoms with van der Waals surface area (Å²) in [4.78, 5) is 34.0. The Bertz CT molecular complexity index is 838. The van der Waals surface area contributed by atoms with E-state index in [1.807, 2.05) is 13.8 Å². The number of carbonyl (C=O) groups is 2. The number of nitrogens with one attached hydrogen (secondary N) is 1. The van der Waals surface area contributed by atoms with Crippen LogP contribution in [0.2, 0.25) is 0 Å². The molecule has 0 unspecified atom stereocenters. The van der Waals surface area contributed by atoms with Gasteiger partial charge in [-0.05, 0) is 26.0 Å². The van der Waals surface area contributed by atoms with Crippen LogP contribution < -0.4 is 5.32 Å². The third-order valence-electron chi connectivity index (χ3n) is 4.55. The van der Waals surface area contributed by atoms with Gasteiger partial charge in [-0.2, -0.15) is 0 Å². The number of ether oxygens (including phenoxy) is 1. The molecule has 1 aliphatic carbocycles. The predicted molar refractivity (Wildman–Crippen MR) is 96.6 cm³/mol. The SMILES string of the molecule is COC(=O)c1ccc(Nc2nc3c(s2)C(C)(C)CC(=O)C3(C)C)nc1. The van der Waals surface area contributed by atoms with Crippen molar-refractivity contribution in [1.82, 2.24) is 9.97 Å². The number of anilines is 2. The zero-order chi connectivity index (χ0) is 18.4. The summed E-state index contributed by atoms with van der Waals surface area (Å²) < 4.78 is 4.66. The molecule has 3 rings (SSSR count). The van der Waals surface area contributed by atoms with Gasteiger partial charge in [0, 0.05) is 22.9 Å². The number of esters is 1. The summed E-state index contributed by atoms with van der Waals surface area (Å²) >= 11 is 1.55. The van der Waals surface area contributed by atoms with Gasteiger partial charge in [-0.1, -0.05) is 13.8 Å². The van der Waals surface area contributed by atoms with Crippen molar-refractivity contribution in [3.05, 3.63) is 34.5 Å². The van der Waals surface area contributed by atoms with Crippen molar-refractivity contribution in [1.29, 1.82) is 0 Å². The van der Waals surface area contributed by atoms with E-state index in [1.165, 1.54) is 13.3 Å². The molecule has 1 aliphatic rings. The summed E-state index contributed by atoms with van der Waals surface area (Å²) in [6.45, 7) is 8.00. The number of thiazole rings is 1. The molecule has 1 N–H and O–H groups in total. The molecule has 0 bridgehead atoms. The molecule has 0 aliphatic heterocycles. The van der Waals surface area contributed by atoms with Gasteiger partial charge in [-0.25, -0.2) is 14.8 Å². The van der Waals surface area contributed by atoms with Crippen LogP contribution >= 0.6 is 11.3 Å². The van der Waals surface area contributed by atoms with Crippen LogP contribution in [0.5, 0.6) is 0 Å². The number of pyridine rings is 1. The van der Waals surface area contributed by atoms with Crippen molar-refractivity contribution in [2.75, 3.05) is 12.4 Å². The zero-order valence-corrected chi connectivity index (χ0v) is 15.8.